The third-order valence-electron chi connectivity index (χ3n) is 3.87. The number of halogens is 4. The van der Waals surface area contributed by atoms with Gasteiger partial charge in [0, 0.05) is 5.56 Å². The molecule has 0 aliphatic carbocycles. The lowest BCUT2D eigenvalue weighted by atomic mass is 10.1. The van der Waals surface area contributed by atoms with E-state index in [1.807, 2.05) is 0 Å². The van der Waals surface area contributed by atoms with Crippen molar-refractivity contribution in [1.82, 2.24) is 5.43 Å². The number of sulfonamides is 1. The topological polar surface area (TPSA) is 99.1 Å². The Labute approximate surface area is 175 Å². The number of anilines is 1. The largest absolute Gasteiger partial charge is 0.507 e. The fraction of sp³-hybridized carbons (Fsp3) is 0.222. The molecular formula is C18H17ClF3N3O4S. The van der Waals surface area contributed by atoms with Crippen LogP contribution in [-0.4, -0.2) is 37.9 Å². The Hall–Kier alpha value is -2.79. The number of para-hydroxylation sites is 1. The number of amides is 1. The number of carbonyl (C=O) groups is 1. The molecule has 0 saturated heterocycles. The van der Waals surface area contributed by atoms with Gasteiger partial charge in [0.2, 0.25) is 10.0 Å². The fourth-order valence-corrected chi connectivity index (χ4v) is 3.54. The van der Waals surface area contributed by atoms with E-state index in [1.165, 1.54) is 13.0 Å². The molecule has 0 spiro atoms. The van der Waals surface area contributed by atoms with Gasteiger partial charge in [-0.1, -0.05) is 23.7 Å². The van der Waals surface area contributed by atoms with Crippen molar-refractivity contribution in [3.8, 4) is 5.75 Å². The van der Waals surface area contributed by atoms with Crippen molar-refractivity contribution < 1.29 is 31.5 Å². The number of rotatable bonds is 6. The van der Waals surface area contributed by atoms with E-state index < -0.39 is 39.9 Å². The van der Waals surface area contributed by atoms with Crippen molar-refractivity contribution in [3.05, 3.63) is 58.6 Å². The van der Waals surface area contributed by atoms with Crippen molar-refractivity contribution >= 4 is 38.9 Å². The van der Waals surface area contributed by atoms with E-state index in [-0.39, 0.29) is 16.5 Å². The highest BCUT2D eigenvalue weighted by Crippen LogP contribution is 2.36. The fourth-order valence-electron chi connectivity index (χ4n) is 2.41. The minimum atomic E-state index is -4.73. The Morgan fingerprint density at radius 1 is 1.23 bits per heavy atom. The first-order chi connectivity index (χ1) is 13.8. The first-order valence-electron chi connectivity index (χ1n) is 8.26. The van der Waals surface area contributed by atoms with Crippen LogP contribution in [0.5, 0.6) is 5.75 Å². The number of hydrogen-bond donors (Lipinski definition) is 2. The van der Waals surface area contributed by atoms with Crippen LogP contribution in [0.3, 0.4) is 0 Å². The number of benzene rings is 2. The molecule has 0 aliphatic heterocycles. The molecule has 0 fully saturated rings. The van der Waals surface area contributed by atoms with E-state index in [0.29, 0.717) is 22.0 Å². The predicted octanol–water partition coefficient (Wildman–Crippen LogP) is 3.37. The highest BCUT2D eigenvalue weighted by atomic mass is 35.5. The summed E-state index contributed by atoms with van der Waals surface area (Å²) in [7, 11) is -4.16. The Morgan fingerprint density at radius 3 is 2.43 bits per heavy atom. The number of nitrogens with one attached hydrogen (secondary N) is 1. The van der Waals surface area contributed by atoms with E-state index in [2.05, 4.69) is 10.5 Å². The number of aromatic hydroxyl groups is 1. The molecule has 0 saturated carbocycles. The van der Waals surface area contributed by atoms with Gasteiger partial charge in [0.05, 0.1) is 28.2 Å². The normalized spacial score (nSPS) is 12.5. The Kier molecular flexibility index (Phi) is 6.99. The van der Waals surface area contributed by atoms with Gasteiger partial charge in [0.1, 0.15) is 12.3 Å². The van der Waals surface area contributed by atoms with Gasteiger partial charge in [0.25, 0.3) is 5.91 Å². The second-order valence-electron chi connectivity index (χ2n) is 6.18. The number of alkyl halides is 3. The maximum Gasteiger partial charge on any atom is 0.416 e. The van der Waals surface area contributed by atoms with Crippen molar-refractivity contribution in [1.29, 1.82) is 0 Å². The molecule has 0 aliphatic rings. The van der Waals surface area contributed by atoms with E-state index in [9.17, 15) is 31.5 Å². The quantitative estimate of drug-likeness (QED) is 0.507. The summed E-state index contributed by atoms with van der Waals surface area (Å²) in [6.45, 7) is 0.630. The molecule has 0 atom stereocenters. The number of phenols is 1. The van der Waals surface area contributed by atoms with Crippen LogP contribution in [0, 0.1) is 0 Å². The molecule has 2 aromatic carbocycles. The van der Waals surface area contributed by atoms with Crippen LogP contribution in [0.25, 0.3) is 0 Å². The summed E-state index contributed by atoms with van der Waals surface area (Å²) in [6.07, 6.45) is -4.00. The molecule has 0 radical (unpaired) electrons. The number of nitrogens with zero attached hydrogens (tertiary/aromatic N) is 2. The minimum Gasteiger partial charge on any atom is -0.507 e. The Morgan fingerprint density at radius 2 is 1.87 bits per heavy atom. The smallest absolute Gasteiger partial charge is 0.416 e. The second-order valence-corrected chi connectivity index (χ2v) is 8.50. The average molecular weight is 464 g/mol. The van der Waals surface area contributed by atoms with Gasteiger partial charge in [-0.2, -0.15) is 18.3 Å². The van der Waals surface area contributed by atoms with Crippen molar-refractivity contribution in [2.45, 2.75) is 13.1 Å². The molecule has 7 nitrogen and oxygen atoms in total. The molecular weight excluding hydrogens is 447 g/mol. The highest BCUT2D eigenvalue weighted by Gasteiger charge is 2.33. The number of carbonyl (C=O) groups excluding carboxylic acids is 1. The molecule has 0 heterocycles. The van der Waals surface area contributed by atoms with Crippen LogP contribution in [0.4, 0.5) is 18.9 Å². The molecule has 162 valence electrons. The third-order valence-corrected chi connectivity index (χ3v) is 5.32. The van der Waals surface area contributed by atoms with Gasteiger partial charge in [0.15, 0.2) is 0 Å². The van der Waals surface area contributed by atoms with Crippen LogP contribution >= 0.6 is 11.6 Å². The molecule has 2 rings (SSSR count). The van der Waals surface area contributed by atoms with Crippen molar-refractivity contribution in [2.75, 3.05) is 17.1 Å². The highest BCUT2D eigenvalue weighted by molar-refractivity contribution is 7.92. The van der Waals surface area contributed by atoms with Crippen LogP contribution in [0.1, 0.15) is 18.1 Å². The van der Waals surface area contributed by atoms with Crippen LogP contribution < -0.4 is 9.73 Å². The lowest BCUT2D eigenvalue weighted by Crippen LogP contribution is -2.39. The van der Waals surface area contributed by atoms with E-state index in [1.54, 1.807) is 18.2 Å². The van der Waals surface area contributed by atoms with Gasteiger partial charge in [-0.05, 0) is 37.3 Å². The number of hydrazone groups is 1. The molecule has 2 N–H and O–H groups in total. The molecule has 12 heteroatoms. The molecule has 2 aromatic rings. The Bertz CT molecular complexity index is 1090. The van der Waals surface area contributed by atoms with Crippen molar-refractivity contribution in [3.63, 3.8) is 0 Å². The summed E-state index contributed by atoms with van der Waals surface area (Å²) >= 11 is 5.90. The monoisotopic (exact) mass is 463 g/mol. The SMILES string of the molecule is C/C(=N/NC(=O)CN(c1cc(C(F)(F)F)ccc1Cl)S(C)(=O)=O)c1ccccc1O. The summed E-state index contributed by atoms with van der Waals surface area (Å²) in [6, 6.07) is 8.34. The van der Waals surface area contributed by atoms with Gasteiger partial charge < -0.3 is 5.11 Å². The van der Waals surface area contributed by atoms with Gasteiger partial charge >= 0.3 is 6.18 Å². The maximum atomic E-state index is 13.0. The lowest BCUT2D eigenvalue weighted by Gasteiger charge is -2.23. The first kappa shape index (κ1) is 23.5. The summed E-state index contributed by atoms with van der Waals surface area (Å²) < 4.78 is 63.7. The molecule has 1 amide bonds. The van der Waals surface area contributed by atoms with E-state index in [0.717, 1.165) is 12.3 Å². The zero-order valence-electron chi connectivity index (χ0n) is 15.7. The van der Waals surface area contributed by atoms with Crippen molar-refractivity contribution in [2.24, 2.45) is 5.10 Å². The summed E-state index contributed by atoms with van der Waals surface area (Å²) in [5, 5.41) is 13.3. The molecule has 0 bridgehead atoms. The lowest BCUT2D eigenvalue weighted by molar-refractivity contribution is -0.137. The van der Waals surface area contributed by atoms with Crippen LogP contribution in [0.15, 0.2) is 47.6 Å². The molecule has 0 unspecified atom stereocenters. The van der Waals surface area contributed by atoms with Crippen LogP contribution in [-0.2, 0) is 21.0 Å². The van der Waals surface area contributed by atoms with Gasteiger partial charge in [-0.25, -0.2) is 13.8 Å². The molecule has 30 heavy (non-hydrogen) atoms. The average Bonchev–Trinajstić information content (AvgIpc) is 2.63. The minimum absolute atomic E-state index is 0.0819. The predicted molar refractivity (Wildman–Crippen MR) is 107 cm³/mol. The number of hydrogen-bond acceptors (Lipinski definition) is 5. The maximum absolute atomic E-state index is 13.0. The van der Waals surface area contributed by atoms with E-state index >= 15 is 0 Å². The second kappa shape index (κ2) is 8.92. The standard InChI is InChI=1S/C18H17ClF3N3O4S/c1-11(13-5-3-4-6-16(13)26)23-24-17(27)10-25(30(2,28)29)15-9-12(18(20,21)22)7-8-14(15)19/h3-9,26H,10H2,1-2H3,(H,24,27)/b23-11-. The zero-order valence-corrected chi connectivity index (χ0v) is 17.3. The molecule has 0 aromatic heterocycles. The van der Waals surface area contributed by atoms with Gasteiger partial charge in [-0.3, -0.25) is 9.10 Å². The summed E-state index contributed by atoms with van der Waals surface area (Å²) in [5.41, 5.74) is 1.05. The third kappa shape index (κ3) is 5.86. The van der Waals surface area contributed by atoms with E-state index in [4.69, 9.17) is 11.6 Å². The summed E-state index contributed by atoms with van der Waals surface area (Å²) in [4.78, 5) is 12.2. The van der Waals surface area contributed by atoms with Gasteiger partial charge in [-0.15, -0.1) is 0 Å². The first-order valence-corrected chi connectivity index (χ1v) is 10.5. The number of phenolic OH excluding ortho intramolecular Hbond substituents is 1. The van der Waals surface area contributed by atoms with Crippen LogP contribution in [0.2, 0.25) is 5.02 Å². The Balaban J connectivity index is 2.29. The summed E-state index contributed by atoms with van der Waals surface area (Å²) in [5.74, 6) is -1.01. The zero-order chi connectivity index (χ0) is 22.7.